The van der Waals surface area contributed by atoms with Gasteiger partial charge in [-0.3, -0.25) is 0 Å². The molecule has 1 aliphatic rings. The lowest BCUT2D eigenvalue weighted by molar-refractivity contribution is 1.13. The van der Waals surface area contributed by atoms with Gasteiger partial charge in [-0.05, 0) is 47.6 Å². The van der Waals surface area contributed by atoms with Crippen LogP contribution in [0, 0.1) is 0 Å². The molecule has 3 rings (SSSR count). The maximum Gasteiger partial charge on any atom is 0.0175 e. The van der Waals surface area contributed by atoms with Crippen LogP contribution in [0.4, 0.5) is 0 Å². The first-order valence-corrected chi connectivity index (χ1v) is 6.48. The normalized spacial score (nSPS) is 15.1. The van der Waals surface area contributed by atoms with Gasteiger partial charge in [-0.1, -0.05) is 52.3 Å². The minimum absolute atomic E-state index is 0.829. The maximum absolute atomic E-state index is 3.47. The summed E-state index contributed by atoms with van der Waals surface area (Å²) in [5, 5.41) is 0. The predicted molar refractivity (Wildman–Crippen MR) is 71.6 cm³/mol. The first-order chi connectivity index (χ1) is 7.83. The number of hydrogen-bond acceptors (Lipinski definition) is 0. The van der Waals surface area contributed by atoms with Crippen LogP contribution in [0.1, 0.15) is 24.3 Å². The van der Waals surface area contributed by atoms with E-state index in [0.29, 0.717) is 0 Å². The summed E-state index contributed by atoms with van der Waals surface area (Å²) in [7, 11) is 0. The number of hydrogen-bond donors (Lipinski definition) is 0. The topological polar surface area (TPSA) is 0 Å². The second-order valence-corrected chi connectivity index (χ2v) is 5.32. The van der Waals surface area contributed by atoms with E-state index in [1.165, 1.54) is 29.5 Å². The smallest absolute Gasteiger partial charge is 0.0175 e. The van der Waals surface area contributed by atoms with Gasteiger partial charge >= 0.3 is 0 Å². The molecule has 0 radical (unpaired) electrons. The van der Waals surface area contributed by atoms with Crippen molar-refractivity contribution in [3.8, 4) is 11.1 Å². The Balaban J connectivity index is 1.98. The molecular weight excluding hydrogens is 260 g/mol. The summed E-state index contributed by atoms with van der Waals surface area (Å²) in [6.07, 6.45) is 2.73. The van der Waals surface area contributed by atoms with Crippen LogP contribution < -0.4 is 0 Å². The lowest BCUT2D eigenvalue weighted by atomic mass is 10.0. The van der Waals surface area contributed by atoms with Crippen LogP contribution >= 0.6 is 15.9 Å². The molecule has 1 heteroatoms. The summed E-state index contributed by atoms with van der Waals surface area (Å²) >= 11 is 3.47. The maximum atomic E-state index is 3.47. The van der Waals surface area contributed by atoms with Crippen LogP contribution in [0.2, 0.25) is 0 Å². The Morgan fingerprint density at radius 3 is 2.31 bits per heavy atom. The average Bonchev–Trinajstić information content (AvgIpc) is 3.14. The SMILES string of the molecule is Brc1ccc(-c2cccc(C3CC3)c2)cc1. The third-order valence-electron chi connectivity index (χ3n) is 3.11. The molecule has 0 atom stereocenters. The van der Waals surface area contributed by atoms with Gasteiger partial charge in [0.05, 0.1) is 0 Å². The third-order valence-corrected chi connectivity index (χ3v) is 3.64. The van der Waals surface area contributed by atoms with E-state index in [-0.39, 0.29) is 0 Å². The molecule has 0 spiro atoms. The molecule has 0 aromatic heterocycles. The van der Waals surface area contributed by atoms with E-state index in [1.807, 2.05) is 0 Å². The van der Waals surface area contributed by atoms with E-state index < -0.39 is 0 Å². The fraction of sp³-hybridized carbons (Fsp3) is 0.200. The first-order valence-electron chi connectivity index (χ1n) is 5.69. The minimum Gasteiger partial charge on any atom is -0.0614 e. The molecular formula is C15H13Br. The van der Waals surface area contributed by atoms with Gasteiger partial charge in [-0.2, -0.15) is 0 Å². The Bertz CT molecular complexity index is 495. The Labute approximate surface area is 104 Å². The highest BCUT2D eigenvalue weighted by atomic mass is 79.9. The summed E-state index contributed by atoms with van der Waals surface area (Å²) in [6, 6.07) is 17.5. The quantitative estimate of drug-likeness (QED) is 0.722. The molecule has 0 unspecified atom stereocenters. The summed E-state index contributed by atoms with van der Waals surface area (Å²) < 4.78 is 1.13. The highest BCUT2D eigenvalue weighted by Gasteiger charge is 2.23. The minimum atomic E-state index is 0.829. The molecule has 0 amide bonds. The second-order valence-electron chi connectivity index (χ2n) is 4.41. The van der Waals surface area contributed by atoms with Crippen molar-refractivity contribution in [3.05, 3.63) is 58.6 Å². The Morgan fingerprint density at radius 1 is 0.875 bits per heavy atom. The molecule has 0 bridgehead atoms. The van der Waals surface area contributed by atoms with E-state index in [4.69, 9.17) is 0 Å². The van der Waals surface area contributed by atoms with Gasteiger partial charge in [0, 0.05) is 4.47 Å². The molecule has 16 heavy (non-hydrogen) atoms. The monoisotopic (exact) mass is 272 g/mol. The van der Waals surface area contributed by atoms with E-state index in [1.54, 1.807) is 0 Å². The zero-order chi connectivity index (χ0) is 11.0. The van der Waals surface area contributed by atoms with Crippen molar-refractivity contribution in [3.63, 3.8) is 0 Å². The Morgan fingerprint density at radius 2 is 1.62 bits per heavy atom. The largest absolute Gasteiger partial charge is 0.0614 e. The summed E-state index contributed by atoms with van der Waals surface area (Å²) in [5.74, 6) is 0.829. The number of halogens is 1. The number of rotatable bonds is 2. The molecule has 80 valence electrons. The zero-order valence-electron chi connectivity index (χ0n) is 8.99. The number of benzene rings is 2. The average molecular weight is 273 g/mol. The van der Waals surface area contributed by atoms with Crippen molar-refractivity contribution in [2.24, 2.45) is 0 Å². The molecule has 2 aromatic carbocycles. The molecule has 2 aromatic rings. The summed E-state index contributed by atoms with van der Waals surface area (Å²) in [4.78, 5) is 0. The summed E-state index contributed by atoms with van der Waals surface area (Å²) in [5.41, 5.74) is 4.13. The summed E-state index contributed by atoms with van der Waals surface area (Å²) in [6.45, 7) is 0. The van der Waals surface area contributed by atoms with Crippen molar-refractivity contribution in [1.29, 1.82) is 0 Å². The van der Waals surface area contributed by atoms with Crippen molar-refractivity contribution in [1.82, 2.24) is 0 Å². The Kier molecular flexibility index (Phi) is 2.56. The fourth-order valence-electron chi connectivity index (χ4n) is 2.03. The van der Waals surface area contributed by atoms with Crippen LogP contribution in [0.3, 0.4) is 0 Å². The van der Waals surface area contributed by atoms with Crippen LogP contribution in [0.5, 0.6) is 0 Å². The molecule has 1 aliphatic carbocycles. The molecule has 0 heterocycles. The van der Waals surface area contributed by atoms with Crippen molar-refractivity contribution in [2.75, 3.05) is 0 Å². The molecule has 1 fully saturated rings. The van der Waals surface area contributed by atoms with Crippen LogP contribution in [-0.4, -0.2) is 0 Å². The highest BCUT2D eigenvalue weighted by molar-refractivity contribution is 9.10. The van der Waals surface area contributed by atoms with Crippen LogP contribution in [0.25, 0.3) is 11.1 Å². The molecule has 1 saturated carbocycles. The molecule has 0 aliphatic heterocycles. The standard InChI is InChI=1S/C15H13Br/c16-15-8-6-12(7-9-15)14-3-1-2-13(10-14)11-4-5-11/h1-3,6-11H,4-5H2. The third kappa shape index (κ3) is 2.05. The lowest BCUT2D eigenvalue weighted by Gasteiger charge is -2.04. The second kappa shape index (κ2) is 4.06. The van der Waals surface area contributed by atoms with Crippen molar-refractivity contribution in [2.45, 2.75) is 18.8 Å². The molecule has 0 N–H and O–H groups in total. The van der Waals surface area contributed by atoms with E-state index in [9.17, 15) is 0 Å². The molecule has 0 saturated heterocycles. The van der Waals surface area contributed by atoms with Crippen LogP contribution in [0.15, 0.2) is 53.0 Å². The molecule has 0 nitrogen and oxygen atoms in total. The van der Waals surface area contributed by atoms with E-state index >= 15 is 0 Å². The lowest BCUT2D eigenvalue weighted by Crippen LogP contribution is -1.82. The van der Waals surface area contributed by atoms with Gasteiger partial charge in [0.2, 0.25) is 0 Å². The van der Waals surface area contributed by atoms with Gasteiger partial charge in [0.1, 0.15) is 0 Å². The zero-order valence-corrected chi connectivity index (χ0v) is 10.6. The van der Waals surface area contributed by atoms with E-state index in [0.717, 1.165) is 10.4 Å². The Hall–Kier alpha value is -1.08. The van der Waals surface area contributed by atoms with Gasteiger partial charge in [-0.15, -0.1) is 0 Å². The van der Waals surface area contributed by atoms with Crippen molar-refractivity contribution >= 4 is 15.9 Å². The highest BCUT2D eigenvalue weighted by Crippen LogP contribution is 2.41. The van der Waals surface area contributed by atoms with Gasteiger partial charge in [-0.25, -0.2) is 0 Å². The predicted octanol–water partition coefficient (Wildman–Crippen LogP) is 4.99. The van der Waals surface area contributed by atoms with Gasteiger partial charge < -0.3 is 0 Å². The van der Waals surface area contributed by atoms with Gasteiger partial charge in [0.15, 0.2) is 0 Å². The van der Waals surface area contributed by atoms with E-state index in [2.05, 4.69) is 64.5 Å². The van der Waals surface area contributed by atoms with Crippen molar-refractivity contribution < 1.29 is 0 Å². The van der Waals surface area contributed by atoms with Gasteiger partial charge in [0.25, 0.3) is 0 Å². The van der Waals surface area contributed by atoms with Crippen LogP contribution in [-0.2, 0) is 0 Å². The fourth-order valence-corrected chi connectivity index (χ4v) is 2.30. The first kappa shape index (κ1) is 10.1.